The molecule has 9 heteroatoms. The summed E-state index contributed by atoms with van der Waals surface area (Å²) in [7, 11) is 1.72. The Labute approximate surface area is 198 Å². The van der Waals surface area contributed by atoms with Crippen LogP contribution >= 0.6 is 0 Å². The van der Waals surface area contributed by atoms with Crippen LogP contribution in [0.4, 0.5) is 5.69 Å². The van der Waals surface area contributed by atoms with E-state index in [4.69, 9.17) is 0 Å². The zero-order valence-corrected chi connectivity index (χ0v) is 20.1. The molecule has 34 heavy (non-hydrogen) atoms. The van der Waals surface area contributed by atoms with Crippen molar-refractivity contribution in [3.8, 4) is 11.3 Å². The first-order valence-corrected chi connectivity index (χ1v) is 11.8. The Morgan fingerprint density at radius 1 is 1.21 bits per heavy atom. The van der Waals surface area contributed by atoms with Crippen molar-refractivity contribution in [2.24, 2.45) is 24.3 Å². The van der Waals surface area contributed by atoms with Crippen LogP contribution in [-0.4, -0.2) is 42.8 Å². The molecule has 5 rings (SSSR count). The van der Waals surface area contributed by atoms with E-state index in [0.29, 0.717) is 17.3 Å². The molecular weight excluding hydrogens is 430 g/mol. The second kappa shape index (κ2) is 8.38. The number of hydrogen-bond donors (Lipinski definition) is 3. The number of anilines is 1. The average Bonchev–Trinajstić information content (AvgIpc) is 3.71. The summed E-state index contributed by atoms with van der Waals surface area (Å²) in [5.74, 6) is 0.0796. The van der Waals surface area contributed by atoms with E-state index in [1.54, 1.807) is 25.5 Å². The fraction of sp³-hybridized carbons (Fsp3) is 0.480. The number of nitrogens with zero attached hydrogens (tertiary/aromatic N) is 4. The Bertz CT molecular complexity index is 1200. The van der Waals surface area contributed by atoms with Crippen molar-refractivity contribution in [1.29, 1.82) is 0 Å². The Morgan fingerprint density at radius 3 is 2.50 bits per heavy atom. The van der Waals surface area contributed by atoms with Gasteiger partial charge in [-0.25, -0.2) is 0 Å². The lowest BCUT2D eigenvalue weighted by atomic mass is 9.80. The fourth-order valence-electron chi connectivity index (χ4n) is 5.12. The molecule has 3 heterocycles. The van der Waals surface area contributed by atoms with Gasteiger partial charge in [-0.05, 0) is 75.0 Å². The lowest BCUT2D eigenvalue weighted by Gasteiger charge is -2.32. The zero-order valence-electron chi connectivity index (χ0n) is 20.1. The van der Waals surface area contributed by atoms with Gasteiger partial charge in [-0.2, -0.15) is 10.2 Å². The molecule has 3 N–H and O–H groups in total. The molecule has 2 amide bonds. The van der Waals surface area contributed by atoms with Crippen molar-refractivity contribution in [2.45, 2.75) is 52.5 Å². The summed E-state index contributed by atoms with van der Waals surface area (Å²) in [5, 5.41) is 17.4. The minimum absolute atomic E-state index is 0.0847. The van der Waals surface area contributed by atoms with Gasteiger partial charge in [-0.1, -0.05) is 6.92 Å². The number of H-pyrrole nitrogens is 1. The van der Waals surface area contributed by atoms with Crippen LogP contribution < -0.4 is 10.6 Å². The van der Waals surface area contributed by atoms with Crippen LogP contribution in [0.3, 0.4) is 0 Å². The number of aryl methyl sites for hydroxylation is 3. The molecule has 3 aromatic heterocycles. The SMILES string of the molecule is Cc1n[nH]c(C)c1-c1ccc(NC(=O)[C@@H](NC(=O)c2ccnn2C)C(C2CC2)C2(C)CC2)cn1. The molecular formula is C25H31N7O2. The summed E-state index contributed by atoms with van der Waals surface area (Å²) in [4.78, 5) is 31.2. The number of aromatic amines is 1. The van der Waals surface area contributed by atoms with Crippen molar-refractivity contribution < 1.29 is 9.59 Å². The highest BCUT2D eigenvalue weighted by Crippen LogP contribution is 2.60. The van der Waals surface area contributed by atoms with Crippen LogP contribution in [0, 0.1) is 31.1 Å². The van der Waals surface area contributed by atoms with E-state index < -0.39 is 6.04 Å². The first-order chi connectivity index (χ1) is 16.3. The van der Waals surface area contributed by atoms with Crippen molar-refractivity contribution >= 4 is 17.5 Å². The summed E-state index contributed by atoms with van der Waals surface area (Å²) >= 11 is 0. The maximum atomic E-state index is 13.6. The average molecular weight is 462 g/mol. The predicted octanol–water partition coefficient (Wildman–Crippen LogP) is 3.39. The molecule has 0 bridgehead atoms. The Hall–Kier alpha value is -3.49. The lowest BCUT2D eigenvalue weighted by Crippen LogP contribution is -2.51. The number of carbonyl (C=O) groups excluding carboxylic acids is 2. The predicted molar refractivity (Wildman–Crippen MR) is 128 cm³/mol. The molecule has 2 aliphatic carbocycles. The molecule has 2 saturated carbocycles. The van der Waals surface area contributed by atoms with Crippen LogP contribution in [-0.2, 0) is 11.8 Å². The highest BCUT2D eigenvalue weighted by atomic mass is 16.2. The van der Waals surface area contributed by atoms with E-state index in [2.05, 4.69) is 37.8 Å². The standard InChI is InChI=1S/C25H31N7O2/c1-14-20(15(2)31-30-14)18-8-7-17(13-26-18)28-24(34)22(21(16-5-6-16)25(3)10-11-25)29-23(33)19-9-12-27-32(19)4/h7-9,12-13,16,21-22H,5-6,10-11H2,1-4H3,(H,28,34)(H,29,33)(H,30,31)/t21?,22-/m0/s1. The van der Waals surface area contributed by atoms with Gasteiger partial charge in [0.15, 0.2) is 0 Å². The monoisotopic (exact) mass is 461 g/mol. The quantitative estimate of drug-likeness (QED) is 0.475. The molecule has 2 fully saturated rings. The third kappa shape index (κ3) is 4.22. The van der Waals surface area contributed by atoms with E-state index >= 15 is 0 Å². The van der Waals surface area contributed by atoms with Gasteiger partial charge in [-0.3, -0.25) is 24.4 Å². The molecule has 0 spiro atoms. The maximum absolute atomic E-state index is 13.6. The molecule has 2 aliphatic rings. The minimum Gasteiger partial charge on any atom is -0.339 e. The van der Waals surface area contributed by atoms with Gasteiger partial charge in [0.1, 0.15) is 11.7 Å². The van der Waals surface area contributed by atoms with Crippen LogP contribution in [0.25, 0.3) is 11.3 Å². The van der Waals surface area contributed by atoms with Gasteiger partial charge in [0, 0.05) is 24.5 Å². The van der Waals surface area contributed by atoms with Crippen LogP contribution in [0.15, 0.2) is 30.6 Å². The van der Waals surface area contributed by atoms with E-state index in [1.165, 1.54) is 4.68 Å². The highest BCUT2D eigenvalue weighted by molar-refractivity contribution is 6.00. The normalized spacial score (nSPS) is 18.2. The molecule has 1 unspecified atom stereocenters. The van der Waals surface area contributed by atoms with Gasteiger partial charge in [0.05, 0.1) is 23.3 Å². The summed E-state index contributed by atoms with van der Waals surface area (Å²) in [6.07, 6.45) is 7.61. The Morgan fingerprint density at radius 2 is 1.97 bits per heavy atom. The van der Waals surface area contributed by atoms with Crippen LogP contribution in [0.1, 0.15) is 54.5 Å². The second-order valence-electron chi connectivity index (χ2n) is 10.0. The van der Waals surface area contributed by atoms with E-state index in [1.807, 2.05) is 26.0 Å². The van der Waals surface area contributed by atoms with Gasteiger partial charge in [-0.15, -0.1) is 0 Å². The molecule has 0 radical (unpaired) electrons. The van der Waals surface area contributed by atoms with Crippen molar-refractivity contribution in [2.75, 3.05) is 5.32 Å². The first-order valence-electron chi connectivity index (χ1n) is 11.8. The molecule has 2 atom stereocenters. The third-order valence-electron chi connectivity index (χ3n) is 7.37. The number of rotatable bonds is 8. The third-order valence-corrected chi connectivity index (χ3v) is 7.37. The lowest BCUT2D eigenvalue weighted by molar-refractivity contribution is -0.120. The Balaban J connectivity index is 1.38. The number of hydrogen-bond acceptors (Lipinski definition) is 5. The molecule has 0 saturated heterocycles. The number of amides is 2. The van der Waals surface area contributed by atoms with E-state index in [0.717, 1.165) is 48.3 Å². The van der Waals surface area contributed by atoms with Crippen LogP contribution in [0.2, 0.25) is 0 Å². The summed E-state index contributed by atoms with van der Waals surface area (Å²) in [5.41, 5.74) is 4.71. The van der Waals surface area contributed by atoms with E-state index in [9.17, 15) is 9.59 Å². The zero-order chi connectivity index (χ0) is 24.0. The maximum Gasteiger partial charge on any atom is 0.270 e. The smallest absolute Gasteiger partial charge is 0.270 e. The van der Waals surface area contributed by atoms with Crippen molar-refractivity contribution in [3.63, 3.8) is 0 Å². The second-order valence-corrected chi connectivity index (χ2v) is 10.0. The van der Waals surface area contributed by atoms with Crippen LogP contribution in [0.5, 0.6) is 0 Å². The minimum atomic E-state index is -0.625. The number of nitrogens with one attached hydrogen (secondary N) is 3. The number of pyridine rings is 1. The summed E-state index contributed by atoms with van der Waals surface area (Å²) < 4.78 is 1.53. The van der Waals surface area contributed by atoms with Gasteiger partial charge >= 0.3 is 0 Å². The summed E-state index contributed by atoms with van der Waals surface area (Å²) in [6.45, 7) is 6.12. The number of carbonyl (C=O) groups is 2. The van der Waals surface area contributed by atoms with Gasteiger partial charge < -0.3 is 10.6 Å². The fourth-order valence-corrected chi connectivity index (χ4v) is 5.12. The molecule has 9 nitrogen and oxygen atoms in total. The Kier molecular flexibility index (Phi) is 5.50. The molecule has 178 valence electrons. The summed E-state index contributed by atoms with van der Waals surface area (Å²) in [6, 6.07) is 4.76. The van der Waals surface area contributed by atoms with Gasteiger partial charge in [0.25, 0.3) is 5.91 Å². The number of aromatic nitrogens is 5. The topological polar surface area (TPSA) is 118 Å². The highest BCUT2D eigenvalue weighted by Gasteiger charge is 2.55. The van der Waals surface area contributed by atoms with Crippen molar-refractivity contribution in [1.82, 2.24) is 30.3 Å². The molecule has 0 aromatic carbocycles. The van der Waals surface area contributed by atoms with Crippen molar-refractivity contribution in [3.05, 3.63) is 47.7 Å². The molecule has 3 aromatic rings. The molecule has 0 aliphatic heterocycles. The van der Waals surface area contributed by atoms with Gasteiger partial charge in [0.2, 0.25) is 5.91 Å². The van der Waals surface area contributed by atoms with E-state index in [-0.39, 0.29) is 23.1 Å². The largest absolute Gasteiger partial charge is 0.339 e. The first kappa shape index (κ1) is 22.3.